The van der Waals surface area contributed by atoms with Gasteiger partial charge in [-0.1, -0.05) is 0 Å². The minimum atomic E-state index is -0.927. The molecule has 0 saturated carbocycles. The SMILES string of the molecule is Cc1cc(N)ccc1C(=O)NCC(C)S(C)=O. The van der Waals surface area contributed by atoms with E-state index < -0.39 is 10.8 Å². The van der Waals surface area contributed by atoms with E-state index in [1.54, 1.807) is 24.5 Å². The average molecular weight is 254 g/mol. The zero-order chi connectivity index (χ0) is 13.0. The van der Waals surface area contributed by atoms with E-state index >= 15 is 0 Å². The van der Waals surface area contributed by atoms with E-state index in [1.165, 1.54) is 0 Å². The van der Waals surface area contributed by atoms with Gasteiger partial charge in [0.1, 0.15) is 0 Å². The number of hydrogen-bond acceptors (Lipinski definition) is 3. The van der Waals surface area contributed by atoms with Crippen molar-refractivity contribution in [3.8, 4) is 0 Å². The summed E-state index contributed by atoms with van der Waals surface area (Å²) in [6, 6.07) is 5.16. The van der Waals surface area contributed by atoms with Crippen molar-refractivity contribution in [1.29, 1.82) is 0 Å². The van der Waals surface area contributed by atoms with Crippen LogP contribution in [-0.2, 0) is 10.8 Å². The van der Waals surface area contributed by atoms with Crippen LogP contribution < -0.4 is 11.1 Å². The Hall–Kier alpha value is -1.36. The van der Waals surface area contributed by atoms with Crippen LogP contribution in [0.4, 0.5) is 5.69 Å². The molecule has 0 heterocycles. The lowest BCUT2D eigenvalue weighted by molar-refractivity contribution is 0.0953. The molecule has 0 spiro atoms. The maximum atomic E-state index is 11.9. The molecule has 0 aliphatic heterocycles. The van der Waals surface area contributed by atoms with E-state index in [9.17, 15) is 9.00 Å². The van der Waals surface area contributed by atoms with E-state index in [4.69, 9.17) is 5.73 Å². The molecule has 0 aromatic heterocycles. The van der Waals surface area contributed by atoms with E-state index in [0.717, 1.165) is 5.56 Å². The Morgan fingerprint density at radius 1 is 1.53 bits per heavy atom. The topological polar surface area (TPSA) is 72.2 Å². The Morgan fingerprint density at radius 3 is 2.71 bits per heavy atom. The van der Waals surface area contributed by atoms with Crippen LogP contribution in [0.5, 0.6) is 0 Å². The van der Waals surface area contributed by atoms with E-state index in [1.807, 2.05) is 13.8 Å². The molecule has 1 rings (SSSR count). The van der Waals surface area contributed by atoms with Crippen molar-refractivity contribution in [2.24, 2.45) is 0 Å². The van der Waals surface area contributed by atoms with E-state index in [0.29, 0.717) is 17.8 Å². The van der Waals surface area contributed by atoms with E-state index in [2.05, 4.69) is 5.32 Å². The standard InChI is InChI=1S/C12H18N2O2S/c1-8-6-10(13)4-5-11(8)12(15)14-7-9(2)17(3)16/h4-6,9H,7,13H2,1-3H3,(H,14,15). The number of amides is 1. The summed E-state index contributed by atoms with van der Waals surface area (Å²) in [6.07, 6.45) is 1.63. The molecule has 0 radical (unpaired) electrons. The van der Waals surface area contributed by atoms with Gasteiger partial charge in [0.05, 0.1) is 0 Å². The fourth-order valence-corrected chi connectivity index (χ4v) is 1.71. The lowest BCUT2D eigenvalue weighted by atomic mass is 10.1. The molecule has 0 aliphatic rings. The van der Waals surface area contributed by atoms with Gasteiger partial charge >= 0.3 is 0 Å². The van der Waals surface area contributed by atoms with Gasteiger partial charge in [-0.05, 0) is 37.6 Å². The molecule has 2 atom stereocenters. The lowest BCUT2D eigenvalue weighted by Gasteiger charge is -2.11. The molecule has 17 heavy (non-hydrogen) atoms. The van der Waals surface area contributed by atoms with Crippen LogP contribution >= 0.6 is 0 Å². The van der Waals surface area contributed by atoms with Crippen LogP contribution in [0.15, 0.2) is 18.2 Å². The fraction of sp³-hybridized carbons (Fsp3) is 0.417. The van der Waals surface area contributed by atoms with Gasteiger partial charge in [0.2, 0.25) is 0 Å². The molecular weight excluding hydrogens is 236 g/mol. The Morgan fingerprint density at radius 2 is 2.18 bits per heavy atom. The maximum absolute atomic E-state index is 11.9. The van der Waals surface area contributed by atoms with Gasteiger partial charge in [0.15, 0.2) is 0 Å². The summed E-state index contributed by atoms with van der Waals surface area (Å²) in [6.45, 7) is 4.09. The van der Waals surface area contributed by atoms with Crippen molar-refractivity contribution in [3.63, 3.8) is 0 Å². The molecule has 0 bridgehead atoms. The molecule has 94 valence electrons. The van der Waals surface area contributed by atoms with Crippen LogP contribution in [0.3, 0.4) is 0 Å². The second-order valence-corrected chi connectivity index (χ2v) is 5.90. The summed E-state index contributed by atoms with van der Waals surface area (Å²) in [5.74, 6) is -0.153. The zero-order valence-electron chi connectivity index (χ0n) is 10.3. The summed E-state index contributed by atoms with van der Waals surface area (Å²) in [4.78, 5) is 11.9. The monoisotopic (exact) mass is 254 g/mol. The molecule has 0 saturated heterocycles. The van der Waals surface area contributed by atoms with Crippen molar-refractivity contribution in [2.75, 3.05) is 18.5 Å². The number of carbonyl (C=O) groups excluding carboxylic acids is 1. The second kappa shape index (κ2) is 5.82. The summed E-state index contributed by atoms with van der Waals surface area (Å²) in [7, 11) is -0.927. The van der Waals surface area contributed by atoms with Gasteiger partial charge in [0, 0.05) is 40.1 Å². The number of hydrogen-bond donors (Lipinski definition) is 2. The highest BCUT2D eigenvalue weighted by Crippen LogP contribution is 2.12. The van der Waals surface area contributed by atoms with Gasteiger partial charge in [0.25, 0.3) is 5.91 Å². The van der Waals surface area contributed by atoms with E-state index in [-0.39, 0.29) is 11.2 Å². The van der Waals surface area contributed by atoms with Crippen LogP contribution in [0, 0.1) is 6.92 Å². The molecule has 4 nitrogen and oxygen atoms in total. The van der Waals surface area contributed by atoms with Gasteiger partial charge in [-0.3, -0.25) is 9.00 Å². The summed E-state index contributed by atoms with van der Waals surface area (Å²) in [5, 5.41) is 2.72. The predicted molar refractivity (Wildman–Crippen MR) is 71.5 cm³/mol. The number of carbonyl (C=O) groups is 1. The highest BCUT2D eigenvalue weighted by Gasteiger charge is 2.11. The number of anilines is 1. The average Bonchev–Trinajstić information content (AvgIpc) is 2.25. The number of aryl methyl sites for hydroxylation is 1. The van der Waals surface area contributed by atoms with Crippen LogP contribution in [0.25, 0.3) is 0 Å². The zero-order valence-corrected chi connectivity index (χ0v) is 11.1. The summed E-state index contributed by atoms with van der Waals surface area (Å²) >= 11 is 0. The summed E-state index contributed by atoms with van der Waals surface area (Å²) in [5.41, 5.74) is 7.70. The van der Waals surface area contributed by atoms with Gasteiger partial charge in [-0.15, -0.1) is 0 Å². The Labute approximate surface area is 104 Å². The maximum Gasteiger partial charge on any atom is 0.251 e. The van der Waals surface area contributed by atoms with Crippen molar-refractivity contribution in [2.45, 2.75) is 19.1 Å². The van der Waals surface area contributed by atoms with Crippen molar-refractivity contribution >= 4 is 22.4 Å². The number of nitrogens with two attached hydrogens (primary N) is 1. The molecule has 0 aliphatic carbocycles. The largest absolute Gasteiger partial charge is 0.399 e. The van der Waals surface area contributed by atoms with Gasteiger partial charge < -0.3 is 11.1 Å². The first-order chi connectivity index (χ1) is 7.91. The third kappa shape index (κ3) is 3.85. The minimum Gasteiger partial charge on any atom is -0.399 e. The predicted octanol–water partition coefficient (Wildman–Crippen LogP) is 1.07. The van der Waals surface area contributed by atoms with Crippen molar-refractivity contribution < 1.29 is 9.00 Å². The first-order valence-corrected chi connectivity index (χ1v) is 7.00. The second-order valence-electron chi connectivity index (χ2n) is 4.09. The normalized spacial score (nSPS) is 14.1. The van der Waals surface area contributed by atoms with Gasteiger partial charge in [-0.25, -0.2) is 0 Å². The lowest BCUT2D eigenvalue weighted by Crippen LogP contribution is -2.32. The minimum absolute atomic E-state index is 0.0481. The van der Waals surface area contributed by atoms with Crippen LogP contribution in [0.2, 0.25) is 0 Å². The molecule has 1 aromatic carbocycles. The fourth-order valence-electron chi connectivity index (χ4n) is 1.39. The molecule has 2 unspecified atom stereocenters. The van der Waals surface area contributed by atoms with Crippen molar-refractivity contribution in [1.82, 2.24) is 5.32 Å². The molecule has 1 aromatic rings. The highest BCUT2D eigenvalue weighted by atomic mass is 32.2. The first kappa shape index (κ1) is 13.7. The molecule has 1 amide bonds. The molecule has 0 fully saturated rings. The molecule has 3 N–H and O–H groups in total. The number of nitrogen functional groups attached to an aromatic ring is 1. The Bertz CT molecular complexity index is 446. The summed E-state index contributed by atoms with van der Waals surface area (Å²) < 4.78 is 11.1. The smallest absolute Gasteiger partial charge is 0.251 e. The third-order valence-electron chi connectivity index (χ3n) is 2.61. The Balaban J connectivity index is 2.67. The quantitative estimate of drug-likeness (QED) is 0.790. The number of benzene rings is 1. The molecular formula is C12H18N2O2S. The first-order valence-electron chi connectivity index (χ1n) is 5.38. The van der Waals surface area contributed by atoms with Crippen molar-refractivity contribution in [3.05, 3.63) is 29.3 Å². The molecule has 5 heteroatoms. The third-order valence-corrected chi connectivity index (χ3v) is 3.91. The van der Waals surface area contributed by atoms with Crippen LogP contribution in [0.1, 0.15) is 22.8 Å². The van der Waals surface area contributed by atoms with Gasteiger partial charge in [-0.2, -0.15) is 0 Å². The number of rotatable bonds is 4. The number of nitrogens with one attached hydrogen (secondary N) is 1. The van der Waals surface area contributed by atoms with Crippen LogP contribution in [-0.4, -0.2) is 28.2 Å². The Kier molecular flexibility index (Phi) is 4.69. The highest BCUT2D eigenvalue weighted by molar-refractivity contribution is 7.84.